The number of rotatable bonds is 7. The molecule has 1 aromatic heterocycles. The van der Waals surface area contributed by atoms with Gasteiger partial charge >= 0.3 is 6.18 Å². The van der Waals surface area contributed by atoms with E-state index in [0.29, 0.717) is 12.5 Å². The van der Waals surface area contributed by atoms with Crippen molar-refractivity contribution in [1.29, 1.82) is 5.41 Å². The van der Waals surface area contributed by atoms with Crippen molar-refractivity contribution in [2.75, 3.05) is 25.0 Å². The highest BCUT2D eigenvalue weighted by atomic mass is 19.4. The summed E-state index contributed by atoms with van der Waals surface area (Å²) >= 11 is 0. The monoisotopic (exact) mass is 476 g/mol. The molecule has 0 saturated carbocycles. The molecule has 1 aromatic carbocycles. The molecule has 182 valence electrons. The number of nitrogens with zero attached hydrogens (tertiary/aromatic N) is 4. The zero-order valence-electron chi connectivity index (χ0n) is 19.1. The van der Waals surface area contributed by atoms with Crippen LogP contribution in [-0.4, -0.2) is 48.3 Å². The average Bonchev–Trinajstić information content (AvgIpc) is 3.31. The molecule has 0 amide bonds. The summed E-state index contributed by atoms with van der Waals surface area (Å²) in [5, 5.41) is 19.6. The summed E-state index contributed by atoms with van der Waals surface area (Å²) in [7, 11) is 1.71. The van der Waals surface area contributed by atoms with Gasteiger partial charge in [-0.15, -0.1) is 10.2 Å². The van der Waals surface area contributed by atoms with E-state index in [1.807, 2.05) is 0 Å². The van der Waals surface area contributed by atoms with Gasteiger partial charge in [-0.05, 0) is 55.4 Å². The molecule has 34 heavy (non-hydrogen) atoms. The third kappa shape index (κ3) is 5.11. The smallest absolute Gasteiger partial charge is 0.355 e. The second-order valence-corrected chi connectivity index (χ2v) is 8.70. The maximum Gasteiger partial charge on any atom is 0.416 e. The Morgan fingerprint density at radius 2 is 1.94 bits per heavy atom. The molecule has 2 aromatic rings. The summed E-state index contributed by atoms with van der Waals surface area (Å²) in [5.74, 6) is -0.00269. The van der Waals surface area contributed by atoms with Crippen molar-refractivity contribution in [3.8, 4) is 0 Å². The SMILES string of the molecule is CN=C(CC=N)c1nnc(N2CCC(NCc3ccc(F)cc3C(F)(F)F)CC2)c2c1CCC2. The number of piperidine rings is 1. The largest absolute Gasteiger partial charge is 0.416 e. The first-order chi connectivity index (χ1) is 16.3. The quantitative estimate of drug-likeness (QED) is 0.461. The summed E-state index contributed by atoms with van der Waals surface area (Å²) in [6, 6.07) is 2.88. The molecular weight excluding hydrogens is 448 g/mol. The predicted octanol–water partition coefficient (Wildman–Crippen LogP) is 4.34. The van der Waals surface area contributed by atoms with Crippen molar-refractivity contribution < 1.29 is 17.6 Å². The number of benzene rings is 1. The van der Waals surface area contributed by atoms with Gasteiger partial charge in [0, 0.05) is 50.9 Å². The fourth-order valence-electron chi connectivity index (χ4n) is 4.86. The lowest BCUT2D eigenvalue weighted by atomic mass is 10.0. The lowest BCUT2D eigenvalue weighted by molar-refractivity contribution is -0.138. The van der Waals surface area contributed by atoms with E-state index in [0.717, 1.165) is 68.5 Å². The molecule has 1 saturated heterocycles. The van der Waals surface area contributed by atoms with E-state index in [9.17, 15) is 17.6 Å². The van der Waals surface area contributed by atoms with Crippen molar-refractivity contribution in [1.82, 2.24) is 15.5 Å². The zero-order valence-corrected chi connectivity index (χ0v) is 19.1. The van der Waals surface area contributed by atoms with Gasteiger partial charge in [-0.2, -0.15) is 13.2 Å². The van der Waals surface area contributed by atoms with Crippen LogP contribution in [0, 0.1) is 11.2 Å². The van der Waals surface area contributed by atoms with E-state index in [4.69, 9.17) is 5.41 Å². The van der Waals surface area contributed by atoms with Gasteiger partial charge in [0.05, 0.1) is 11.3 Å². The molecule has 1 aliphatic carbocycles. The van der Waals surface area contributed by atoms with Crippen LogP contribution in [0.2, 0.25) is 0 Å². The van der Waals surface area contributed by atoms with Crippen LogP contribution in [0.25, 0.3) is 0 Å². The first kappa shape index (κ1) is 24.3. The van der Waals surface area contributed by atoms with Crippen LogP contribution in [0.4, 0.5) is 23.4 Å². The highest BCUT2D eigenvalue weighted by Crippen LogP contribution is 2.34. The Bertz CT molecular complexity index is 1070. The van der Waals surface area contributed by atoms with E-state index in [2.05, 4.69) is 25.4 Å². The number of aromatic nitrogens is 2. The topological polar surface area (TPSA) is 77.3 Å². The van der Waals surface area contributed by atoms with E-state index >= 15 is 0 Å². The lowest BCUT2D eigenvalue weighted by Gasteiger charge is -2.34. The van der Waals surface area contributed by atoms with E-state index in [1.54, 1.807) is 7.05 Å². The molecule has 2 heterocycles. The van der Waals surface area contributed by atoms with Crippen LogP contribution in [-0.2, 0) is 25.6 Å². The number of alkyl halides is 3. The third-order valence-electron chi connectivity index (χ3n) is 6.61. The molecule has 1 fully saturated rings. The molecule has 1 aliphatic heterocycles. The van der Waals surface area contributed by atoms with Crippen LogP contribution < -0.4 is 10.2 Å². The van der Waals surface area contributed by atoms with Crippen LogP contribution in [0.3, 0.4) is 0 Å². The summed E-state index contributed by atoms with van der Waals surface area (Å²) in [6.07, 6.45) is 1.56. The highest BCUT2D eigenvalue weighted by molar-refractivity contribution is 6.06. The Morgan fingerprint density at radius 1 is 1.21 bits per heavy atom. The van der Waals surface area contributed by atoms with E-state index in [-0.39, 0.29) is 18.2 Å². The number of hydrogen-bond acceptors (Lipinski definition) is 6. The van der Waals surface area contributed by atoms with Gasteiger partial charge in [0.1, 0.15) is 11.5 Å². The molecule has 10 heteroatoms. The van der Waals surface area contributed by atoms with Gasteiger partial charge in [0.15, 0.2) is 5.82 Å². The zero-order chi connectivity index (χ0) is 24.3. The van der Waals surface area contributed by atoms with E-state index < -0.39 is 17.6 Å². The third-order valence-corrected chi connectivity index (χ3v) is 6.61. The standard InChI is InChI=1S/C24H28F4N6/c1-30-21(7-10-29)22-18-3-2-4-19(18)23(33-32-22)34-11-8-17(9-12-34)31-14-15-5-6-16(25)13-20(15)24(26,27)28/h5-6,10,13,17,29,31H,2-4,7-9,11-12,14H2,1H3. The van der Waals surface area contributed by atoms with Gasteiger partial charge in [0.25, 0.3) is 0 Å². The van der Waals surface area contributed by atoms with Gasteiger partial charge in [0.2, 0.25) is 0 Å². The Labute approximate surface area is 196 Å². The second-order valence-electron chi connectivity index (χ2n) is 8.70. The van der Waals surface area contributed by atoms with E-state index in [1.165, 1.54) is 23.4 Å². The molecule has 0 unspecified atom stereocenters. The summed E-state index contributed by atoms with van der Waals surface area (Å²) in [6.45, 7) is 1.49. The van der Waals surface area contributed by atoms with Crippen LogP contribution >= 0.6 is 0 Å². The first-order valence-corrected chi connectivity index (χ1v) is 11.5. The Kier molecular flexibility index (Phi) is 7.25. The van der Waals surface area contributed by atoms with Gasteiger partial charge < -0.3 is 15.6 Å². The Hall–Kier alpha value is -2.88. The molecule has 0 bridgehead atoms. The first-order valence-electron chi connectivity index (χ1n) is 11.5. The Balaban J connectivity index is 1.42. The number of hydrogen-bond donors (Lipinski definition) is 2. The van der Waals surface area contributed by atoms with Crippen molar-refractivity contribution in [3.63, 3.8) is 0 Å². The maximum atomic E-state index is 13.3. The Morgan fingerprint density at radius 3 is 2.62 bits per heavy atom. The number of fused-ring (bicyclic) bond motifs is 1. The molecular formula is C24H28F4N6. The van der Waals surface area contributed by atoms with Crippen molar-refractivity contribution in [3.05, 3.63) is 52.0 Å². The molecule has 0 spiro atoms. The number of aliphatic imine (C=N–C) groups is 1. The van der Waals surface area contributed by atoms with Gasteiger partial charge in [-0.1, -0.05) is 6.07 Å². The fraction of sp³-hybridized carbons (Fsp3) is 0.500. The lowest BCUT2D eigenvalue weighted by Crippen LogP contribution is -2.43. The average molecular weight is 477 g/mol. The molecule has 0 atom stereocenters. The van der Waals surface area contributed by atoms with Gasteiger partial charge in [-0.3, -0.25) is 4.99 Å². The fourth-order valence-corrected chi connectivity index (χ4v) is 4.86. The number of halogens is 4. The normalized spacial score (nSPS) is 17.2. The minimum Gasteiger partial charge on any atom is -0.355 e. The molecule has 2 aliphatic rings. The number of nitrogens with one attached hydrogen (secondary N) is 2. The molecule has 4 rings (SSSR count). The van der Waals surface area contributed by atoms with Crippen molar-refractivity contribution >= 4 is 17.7 Å². The maximum absolute atomic E-state index is 13.3. The highest BCUT2D eigenvalue weighted by Gasteiger charge is 2.34. The minimum atomic E-state index is -4.59. The van der Waals surface area contributed by atoms with Crippen LogP contribution in [0.15, 0.2) is 23.2 Å². The van der Waals surface area contributed by atoms with Crippen LogP contribution in [0.1, 0.15) is 53.6 Å². The minimum absolute atomic E-state index is 0.0375. The van der Waals surface area contributed by atoms with Crippen molar-refractivity contribution in [2.24, 2.45) is 4.99 Å². The summed E-state index contributed by atoms with van der Waals surface area (Å²) in [4.78, 5) is 6.50. The predicted molar refractivity (Wildman–Crippen MR) is 123 cm³/mol. The summed E-state index contributed by atoms with van der Waals surface area (Å²) < 4.78 is 53.1. The van der Waals surface area contributed by atoms with Crippen LogP contribution in [0.5, 0.6) is 0 Å². The molecule has 2 N–H and O–H groups in total. The second kappa shape index (κ2) is 10.2. The van der Waals surface area contributed by atoms with Gasteiger partial charge in [-0.25, -0.2) is 4.39 Å². The number of anilines is 1. The molecule has 0 radical (unpaired) electrons. The van der Waals surface area contributed by atoms with Crippen molar-refractivity contribution in [2.45, 2.75) is 57.3 Å². The summed E-state index contributed by atoms with van der Waals surface area (Å²) in [5.41, 5.74) is 3.05. The molecule has 6 nitrogen and oxygen atoms in total.